The minimum absolute atomic E-state index is 0.276. The molecular weight excluding hydrogens is 401 g/mol. The second-order valence-corrected chi connectivity index (χ2v) is 6.82. The fourth-order valence-corrected chi connectivity index (χ4v) is 3.19. The molecule has 0 saturated heterocycles. The molecule has 0 saturated carbocycles. The van der Waals surface area contributed by atoms with Gasteiger partial charge in [-0.1, -0.05) is 24.6 Å². The van der Waals surface area contributed by atoms with Crippen LogP contribution in [0.1, 0.15) is 6.92 Å². The van der Waals surface area contributed by atoms with Gasteiger partial charge in [-0.25, -0.2) is 0 Å². The van der Waals surface area contributed by atoms with Crippen molar-refractivity contribution in [2.75, 3.05) is 12.4 Å². The molecule has 142 valence electrons. The van der Waals surface area contributed by atoms with Crippen LogP contribution in [-0.2, 0) is 0 Å². The molecule has 0 aliphatic carbocycles. The van der Waals surface area contributed by atoms with E-state index >= 15 is 0 Å². The third kappa shape index (κ3) is 4.50. The molecule has 1 aromatic carbocycles. The zero-order valence-corrected chi connectivity index (χ0v) is 14.9. The van der Waals surface area contributed by atoms with Gasteiger partial charge in [0.25, 0.3) is 11.9 Å². The van der Waals surface area contributed by atoms with Gasteiger partial charge in [0, 0.05) is 15.7 Å². The smallest absolute Gasteiger partial charge is 0.456 e. The molecule has 0 aliphatic rings. The quantitative estimate of drug-likeness (QED) is 0.304. The lowest BCUT2D eigenvalue weighted by molar-refractivity contribution is -0.896. The van der Waals surface area contributed by atoms with Crippen LogP contribution in [-0.4, -0.2) is 29.7 Å². The Balaban J connectivity index is 2.28. The Hall–Kier alpha value is -1.74. The molecule has 10 heteroatoms. The van der Waals surface area contributed by atoms with Crippen molar-refractivity contribution in [2.45, 2.75) is 23.9 Å². The molecule has 0 aliphatic heterocycles. The van der Waals surface area contributed by atoms with Gasteiger partial charge in [0.2, 0.25) is 0 Å². The van der Waals surface area contributed by atoms with Gasteiger partial charge in [-0.2, -0.15) is 22.0 Å². The van der Waals surface area contributed by atoms with Crippen molar-refractivity contribution < 1.29 is 36.6 Å². The molecule has 0 radical (unpaired) electrons. The lowest BCUT2D eigenvalue weighted by atomic mass is 10.1. The Labute approximate surface area is 155 Å². The molecule has 0 amide bonds. The first-order chi connectivity index (χ1) is 12.1. The van der Waals surface area contributed by atoms with Crippen LogP contribution in [0.4, 0.5) is 22.0 Å². The maximum atomic E-state index is 12.9. The predicted molar refractivity (Wildman–Crippen MR) is 87.2 cm³/mol. The average molecular weight is 415 g/mol. The highest BCUT2D eigenvalue weighted by Crippen LogP contribution is 2.37. The van der Waals surface area contributed by atoms with Gasteiger partial charge in [0.1, 0.15) is 0 Å². The zero-order chi connectivity index (χ0) is 19.5. The zero-order valence-electron chi connectivity index (χ0n) is 13.4. The van der Waals surface area contributed by atoms with Crippen molar-refractivity contribution >= 4 is 23.4 Å². The molecule has 2 aromatic rings. The average Bonchev–Trinajstić information content (AvgIpc) is 2.54. The van der Waals surface area contributed by atoms with Crippen molar-refractivity contribution in [3.8, 4) is 17.0 Å². The Morgan fingerprint density at radius 3 is 2.42 bits per heavy atom. The number of aromatic nitrogens is 1. The number of hydrogen-bond donors (Lipinski definition) is 1. The molecule has 26 heavy (non-hydrogen) atoms. The van der Waals surface area contributed by atoms with Crippen molar-refractivity contribution in [1.29, 1.82) is 0 Å². The number of halogens is 6. The Bertz CT molecular complexity index is 786. The second kappa shape index (κ2) is 7.87. The van der Waals surface area contributed by atoms with E-state index in [4.69, 9.17) is 11.6 Å². The summed E-state index contributed by atoms with van der Waals surface area (Å²) in [6.07, 6.45) is -4.81. The number of alkyl halides is 5. The molecule has 1 N–H and O–H groups in total. The van der Waals surface area contributed by atoms with E-state index in [1.54, 1.807) is 18.2 Å². The standard InChI is InChI=1S/C16H14ClF5NO2S/c1-2-26-14-11(4-3-5-12(14)17)13-7-6-10(8-23(13)24)25-9-15(18,19)16(20,21)22/h3-8,24H,2,9H2,1H3/q+1. The monoisotopic (exact) mass is 414 g/mol. The van der Waals surface area contributed by atoms with E-state index in [9.17, 15) is 27.2 Å². The molecule has 0 atom stereocenters. The fraction of sp³-hybridized carbons (Fsp3) is 0.312. The number of hydrogen-bond acceptors (Lipinski definition) is 3. The molecule has 0 spiro atoms. The molecule has 0 fully saturated rings. The summed E-state index contributed by atoms with van der Waals surface area (Å²) in [6.45, 7) is 0.0342. The Kier molecular flexibility index (Phi) is 6.23. The van der Waals surface area contributed by atoms with Gasteiger partial charge < -0.3 is 4.74 Å². The SMILES string of the molecule is CCSc1c(Cl)cccc1-c1ccc(OCC(F)(F)C(F)(F)F)c[n+]1O. The third-order valence-electron chi connectivity index (χ3n) is 3.27. The summed E-state index contributed by atoms with van der Waals surface area (Å²) in [5.74, 6) is -4.62. The van der Waals surface area contributed by atoms with Crippen LogP contribution < -0.4 is 9.47 Å². The van der Waals surface area contributed by atoms with Crippen LogP contribution in [0.15, 0.2) is 41.4 Å². The van der Waals surface area contributed by atoms with Crippen LogP contribution in [0, 0.1) is 0 Å². The van der Waals surface area contributed by atoms with Gasteiger partial charge in [-0.05, 0) is 24.0 Å². The van der Waals surface area contributed by atoms with Crippen LogP contribution in [0.3, 0.4) is 0 Å². The number of nitrogens with zero attached hydrogens (tertiary/aromatic N) is 1. The van der Waals surface area contributed by atoms with E-state index in [1.165, 1.54) is 23.9 Å². The topological polar surface area (TPSA) is 33.3 Å². The highest BCUT2D eigenvalue weighted by atomic mass is 35.5. The number of benzene rings is 1. The van der Waals surface area contributed by atoms with E-state index in [-0.39, 0.29) is 11.4 Å². The maximum absolute atomic E-state index is 12.9. The van der Waals surface area contributed by atoms with E-state index < -0.39 is 18.7 Å². The fourth-order valence-electron chi connectivity index (χ4n) is 2.03. The van der Waals surface area contributed by atoms with E-state index in [0.29, 0.717) is 20.2 Å². The maximum Gasteiger partial charge on any atom is 0.456 e. The molecule has 0 bridgehead atoms. The van der Waals surface area contributed by atoms with Crippen LogP contribution >= 0.6 is 23.4 Å². The van der Waals surface area contributed by atoms with Gasteiger partial charge in [0.15, 0.2) is 12.4 Å². The highest BCUT2D eigenvalue weighted by molar-refractivity contribution is 7.99. The molecule has 1 aromatic heterocycles. The summed E-state index contributed by atoms with van der Waals surface area (Å²) in [4.78, 5) is 0.705. The lowest BCUT2D eigenvalue weighted by Gasteiger charge is -2.19. The Morgan fingerprint density at radius 2 is 1.85 bits per heavy atom. The Morgan fingerprint density at radius 1 is 1.15 bits per heavy atom. The molecular formula is C16H14ClF5NO2S+. The first-order valence-electron chi connectivity index (χ1n) is 7.31. The van der Waals surface area contributed by atoms with Gasteiger partial charge in [0.05, 0.1) is 10.6 Å². The lowest BCUT2D eigenvalue weighted by Crippen LogP contribution is -2.42. The van der Waals surface area contributed by atoms with Crippen molar-refractivity contribution in [1.82, 2.24) is 0 Å². The minimum atomic E-state index is -5.71. The molecule has 3 nitrogen and oxygen atoms in total. The number of rotatable bonds is 6. The second-order valence-electron chi connectivity index (χ2n) is 5.14. The third-order valence-corrected chi connectivity index (χ3v) is 4.71. The van der Waals surface area contributed by atoms with Crippen LogP contribution in [0.5, 0.6) is 5.75 Å². The minimum Gasteiger partial charge on any atom is -0.481 e. The van der Waals surface area contributed by atoms with Crippen LogP contribution in [0.2, 0.25) is 5.02 Å². The van der Waals surface area contributed by atoms with Gasteiger partial charge >= 0.3 is 12.1 Å². The summed E-state index contributed by atoms with van der Waals surface area (Å²) in [5.41, 5.74) is 0.859. The van der Waals surface area contributed by atoms with Gasteiger partial charge in [-0.3, -0.25) is 5.21 Å². The summed E-state index contributed by atoms with van der Waals surface area (Å²) in [5, 5.41) is 10.6. The van der Waals surface area contributed by atoms with E-state index in [1.807, 2.05) is 6.92 Å². The van der Waals surface area contributed by atoms with Crippen molar-refractivity contribution in [2.24, 2.45) is 0 Å². The largest absolute Gasteiger partial charge is 0.481 e. The number of thioether (sulfide) groups is 1. The van der Waals surface area contributed by atoms with Crippen LogP contribution in [0.25, 0.3) is 11.3 Å². The number of pyridine rings is 1. The summed E-state index contributed by atoms with van der Waals surface area (Å²) < 4.78 is 67.4. The van der Waals surface area contributed by atoms with E-state index in [0.717, 1.165) is 11.9 Å². The summed E-state index contributed by atoms with van der Waals surface area (Å²) in [6, 6.07) is 7.58. The first-order valence-corrected chi connectivity index (χ1v) is 8.67. The summed E-state index contributed by atoms with van der Waals surface area (Å²) >= 11 is 7.60. The van der Waals surface area contributed by atoms with Crippen molar-refractivity contribution in [3.05, 3.63) is 41.6 Å². The first kappa shape index (κ1) is 20.6. The predicted octanol–water partition coefficient (Wildman–Crippen LogP) is 5.22. The van der Waals surface area contributed by atoms with Gasteiger partial charge in [-0.15, -0.1) is 11.8 Å². The van der Waals surface area contributed by atoms with E-state index in [2.05, 4.69) is 4.74 Å². The molecule has 2 rings (SSSR count). The number of ether oxygens (including phenoxy) is 1. The molecule has 0 unspecified atom stereocenters. The highest BCUT2D eigenvalue weighted by Gasteiger charge is 2.58. The molecule has 1 heterocycles. The van der Waals surface area contributed by atoms with Crippen molar-refractivity contribution in [3.63, 3.8) is 0 Å². The summed E-state index contributed by atoms with van der Waals surface area (Å²) in [7, 11) is 0. The normalized spacial score (nSPS) is 12.3.